The molecule has 0 bridgehead atoms. The van der Waals surface area contributed by atoms with Crippen LogP contribution in [-0.2, 0) is 14.8 Å². The summed E-state index contributed by atoms with van der Waals surface area (Å²) < 4.78 is 59.7. The van der Waals surface area contributed by atoms with E-state index in [1.165, 1.54) is 24.3 Å². The Bertz CT molecular complexity index is 1330. The highest BCUT2D eigenvalue weighted by atomic mass is 32.2. The number of ether oxygens (including phenoxy) is 1. The minimum absolute atomic E-state index is 0.0754. The van der Waals surface area contributed by atoms with Gasteiger partial charge < -0.3 is 4.74 Å². The Balaban J connectivity index is 1.64. The van der Waals surface area contributed by atoms with Crippen LogP contribution in [0, 0.1) is 23.0 Å². The molecule has 170 valence electrons. The highest BCUT2D eigenvalue weighted by Gasteiger charge is 2.31. The maximum Gasteiger partial charge on any atom is 0.246 e. The summed E-state index contributed by atoms with van der Waals surface area (Å²) in [7, 11) is -4.18. The highest BCUT2D eigenvalue weighted by Crippen LogP contribution is 2.30. The molecule has 1 aliphatic rings. The van der Waals surface area contributed by atoms with Crippen molar-refractivity contribution in [3.05, 3.63) is 70.1 Å². The number of carbonyl (C=O) groups excluding carboxylic acids is 1. The van der Waals surface area contributed by atoms with E-state index in [0.29, 0.717) is 11.3 Å². The minimum Gasteiger partial charge on any atom is -0.379 e. The number of carbonyl (C=O) groups is 1. The van der Waals surface area contributed by atoms with E-state index < -0.39 is 38.3 Å². The van der Waals surface area contributed by atoms with Crippen LogP contribution in [0.4, 0.5) is 8.78 Å². The summed E-state index contributed by atoms with van der Waals surface area (Å²) in [5.41, 5.74) is 0.967. The number of sulfonamides is 1. The van der Waals surface area contributed by atoms with Crippen LogP contribution in [0.5, 0.6) is 0 Å². The van der Waals surface area contributed by atoms with Crippen LogP contribution in [0.1, 0.15) is 21.3 Å². The number of ketones is 1. The number of aromatic nitrogens is 1. The van der Waals surface area contributed by atoms with Crippen LogP contribution in [0.3, 0.4) is 0 Å². The summed E-state index contributed by atoms with van der Waals surface area (Å²) >= 11 is 1.08. The van der Waals surface area contributed by atoms with Crippen LogP contribution in [-0.4, -0.2) is 49.8 Å². The van der Waals surface area contributed by atoms with Gasteiger partial charge in [0.25, 0.3) is 0 Å². The second-order valence-corrected chi connectivity index (χ2v) is 9.96. The Morgan fingerprint density at radius 1 is 1.15 bits per heavy atom. The molecule has 0 N–H and O–H groups in total. The van der Waals surface area contributed by atoms with Gasteiger partial charge in [-0.25, -0.2) is 22.2 Å². The molecule has 0 unspecified atom stereocenters. The number of halogens is 2. The predicted molar refractivity (Wildman–Crippen MR) is 116 cm³/mol. The Morgan fingerprint density at radius 2 is 1.85 bits per heavy atom. The smallest absolute Gasteiger partial charge is 0.246 e. The largest absolute Gasteiger partial charge is 0.379 e. The van der Waals surface area contributed by atoms with Crippen molar-refractivity contribution < 1.29 is 26.7 Å². The van der Waals surface area contributed by atoms with E-state index in [4.69, 9.17) is 4.74 Å². The minimum atomic E-state index is -4.18. The van der Waals surface area contributed by atoms with Gasteiger partial charge in [0.05, 0.1) is 25.0 Å². The third kappa shape index (κ3) is 4.69. The molecular formula is C22H17F2N3O4S2. The number of hydrogen-bond donors (Lipinski definition) is 0. The fraction of sp³-hybridized carbons (Fsp3) is 0.227. The highest BCUT2D eigenvalue weighted by molar-refractivity contribution is 7.89. The molecule has 1 saturated heterocycles. The molecule has 11 heteroatoms. The zero-order valence-corrected chi connectivity index (χ0v) is 18.7. The predicted octanol–water partition coefficient (Wildman–Crippen LogP) is 3.60. The van der Waals surface area contributed by atoms with Crippen molar-refractivity contribution in [2.45, 2.75) is 10.8 Å². The Labute approximate surface area is 192 Å². The van der Waals surface area contributed by atoms with Crippen molar-refractivity contribution in [3.8, 4) is 17.3 Å². The third-order valence-electron chi connectivity index (χ3n) is 5.10. The van der Waals surface area contributed by atoms with Crippen LogP contribution in [0.15, 0.2) is 52.7 Å². The summed E-state index contributed by atoms with van der Waals surface area (Å²) in [6, 6.07) is 10.5. The van der Waals surface area contributed by atoms with Crippen LogP contribution in [0.25, 0.3) is 11.3 Å². The van der Waals surface area contributed by atoms with Gasteiger partial charge in [0.15, 0.2) is 11.7 Å². The van der Waals surface area contributed by atoms with Gasteiger partial charge in [0.1, 0.15) is 21.5 Å². The van der Waals surface area contributed by atoms with E-state index in [1.807, 2.05) is 6.07 Å². The SMILES string of the molecule is N#C[C@H](C(=O)c1ccc(F)c(S(=O)(=O)N2CCOCC2)c1)c1nc(-c2ccc(F)cc2)cs1. The molecule has 1 atom stereocenters. The molecule has 1 aliphatic heterocycles. The number of thiazole rings is 1. The van der Waals surface area contributed by atoms with Gasteiger partial charge in [0, 0.05) is 29.6 Å². The van der Waals surface area contributed by atoms with E-state index in [-0.39, 0.29) is 36.9 Å². The average molecular weight is 490 g/mol. The molecule has 2 aromatic carbocycles. The number of nitriles is 1. The molecule has 2 heterocycles. The number of rotatable bonds is 6. The number of benzene rings is 2. The van der Waals surface area contributed by atoms with Crippen molar-refractivity contribution in [2.24, 2.45) is 0 Å². The van der Waals surface area contributed by atoms with Gasteiger partial charge in [0.2, 0.25) is 10.0 Å². The summed E-state index contributed by atoms with van der Waals surface area (Å²) in [5.74, 6) is -3.40. The van der Waals surface area contributed by atoms with Crippen molar-refractivity contribution in [3.63, 3.8) is 0 Å². The Hall–Kier alpha value is -3.04. The summed E-state index contributed by atoms with van der Waals surface area (Å²) in [4.78, 5) is 16.8. The average Bonchev–Trinajstić information content (AvgIpc) is 3.30. The molecule has 0 aliphatic carbocycles. The van der Waals surface area contributed by atoms with Gasteiger partial charge in [-0.2, -0.15) is 9.57 Å². The maximum absolute atomic E-state index is 14.5. The van der Waals surface area contributed by atoms with Crippen molar-refractivity contribution >= 4 is 27.1 Å². The molecule has 0 radical (unpaired) electrons. The lowest BCUT2D eigenvalue weighted by Crippen LogP contribution is -2.41. The van der Waals surface area contributed by atoms with Gasteiger partial charge in [-0.1, -0.05) is 0 Å². The molecule has 0 spiro atoms. The zero-order valence-electron chi connectivity index (χ0n) is 17.1. The molecule has 1 fully saturated rings. The van der Waals surface area contributed by atoms with E-state index >= 15 is 0 Å². The monoisotopic (exact) mass is 489 g/mol. The van der Waals surface area contributed by atoms with Gasteiger partial charge in [-0.3, -0.25) is 4.79 Å². The fourth-order valence-corrected chi connectivity index (χ4v) is 5.71. The van der Waals surface area contributed by atoms with Crippen LogP contribution < -0.4 is 0 Å². The summed E-state index contributed by atoms with van der Waals surface area (Å²) in [5, 5.41) is 11.5. The summed E-state index contributed by atoms with van der Waals surface area (Å²) in [6.45, 7) is 0.533. The second kappa shape index (κ2) is 9.44. The van der Waals surface area contributed by atoms with Gasteiger partial charge >= 0.3 is 0 Å². The second-order valence-electron chi connectivity index (χ2n) is 7.17. The Kier molecular flexibility index (Phi) is 6.62. The number of nitrogens with zero attached hydrogens (tertiary/aromatic N) is 3. The molecule has 33 heavy (non-hydrogen) atoms. The lowest BCUT2D eigenvalue weighted by atomic mass is 9.99. The first-order valence-corrected chi connectivity index (χ1v) is 12.2. The molecular weight excluding hydrogens is 472 g/mol. The Morgan fingerprint density at radius 3 is 2.52 bits per heavy atom. The van der Waals surface area contributed by atoms with Gasteiger partial charge in [-0.05, 0) is 42.5 Å². The molecule has 7 nitrogen and oxygen atoms in total. The fourth-order valence-electron chi connectivity index (χ4n) is 3.35. The van der Waals surface area contributed by atoms with Crippen molar-refractivity contribution in [1.29, 1.82) is 5.26 Å². The molecule has 4 rings (SSSR count). The lowest BCUT2D eigenvalue weighted by Gasteiger charge is -2.26. The van der Waals surface area contributed by atoms with E-state index in [1.54, 1.807) is 5.38 Å². The topological polar surface area (TPSA) is 100 Å². The number of morpholine rings is 1. The van der Waals surface area contributed by atoms with Crippen molar-refractivity contribution in [2.75, 3.05) is 26.3 Å². The quantitative estimate of drug-likeness (QED) is 0.491. The van der Waals surface area contributed by atoms with E-state index in [0.717, 1.165) is 33.8 Å². The first-order valence-electron chi connectivity index (χ1n) is 9.84. The normalized spacial score (nSPS) is 15.7. The lowest BCUT2D eigenvalue weighted by molar-refractivity contribution is 0.0729. The van der Waals surface area contributed by atoms with Crippen LogP contribution >= 0.6 is 11.3 Å². The number of Topliss-reactive ketones (excluding diaryl/α,β-unsaturated/α-hetero) is 1. The van der Waals surface area contributed by atoms with Crippen molar-refractivity contribution in [1.82, 2.24) is 9.29 Å². The first-order chi connectivity index (χ1) is 15.8. The summed E-state index contributed by atoms with van der Waals surface area (Å²) in [6.07, 6.45) is 0. The van der Waals surface area contributed by atoms with Gasteiger partial charge in [-0.15, -0.1) is 11.3 Å². The number of hydrogen-bond acceptors (Lipinski definition) is 7. The molecule has 0 amide bonds. The first kappa shape index (κ1) is 23.1. The zero-order chi connectivity index (χ0) is 23.6. The standard InChI is InChI=1S/C22H17F2N3O4S2/c23-16-4-1-14(2-5-16)19-13-32-22(26-19)17(12-25)21(28)15-3-6-18(24)20(11-15)33(29,30)27-7-9-31-10-8-27/h1-6,11,13,17H,7-10H2/t17-/m1/s1. The maximum atomic E-state index is 14.5. The van der Waals surface area contributed by atoms with E-state index in [2.05, 4.69) is 4.98 Å². The molecule has 0 saturated carbocycles. The molecule has 3 aromatic rings. The molecule has 1 aromatic heterocycles. The van der Waals surface area contributed by atoms with E-state index in [9.17, 15) is 27.3 Å². The third-order valence-corrected chi connectivity index (χ3v) is 7.93. The van der Waals surface area contributed by atoms with Crippen LogP contribution in [0.2, 0.25) is 0 Å².